The molecular formula is C12H16O3. The fraction of sp³-hybridized carbons (Fsp3) is 0.417. The molecule has 0 fully saturated rings. The van der Waals surface area contributed by atoms with E-state index in [1.54, 1.807) is 13.0 Å². The van der Waals surface area contributed by atoms with Crippen LogP contribution < -0.4 is 0 Å². The van der Waals surface area contributed by atoms with E-state index in [4.69, 9.17) is 9.47 Å². The summed E-state index contributed by atoms with van der Waals surface area (Å²) in [6.07, 6.45) is 6.13. The van der Waals surface area contributed by atoms with Crippen molar-refractivity contribution in [2.24, 2.45) is 0 Å². The van der Waals surface area contributed by atoms with Gasteiger partial charge >= 0.3 is 5.97 Å². The fourth-order valence-electron chi connectivity index (χ4n) is 1.21. The summed E-state index contributed by atoms with van der Waals surface area (Å²) in [5.74, 6) is -1.40. The van der Waals surface area contributed by atoms with Gasteiger partial charge in [-0.3, -0.25) is 0 Å². The number of hydrogen-bond acceptors (Lipinski definition) is 3. The fourth-order valence-corrected chi connectivity index (χ4v) is 1.21. The molecule has 0 amide bonds. The van der Waals surface area contributed by atoms with Gasteiger partial charge in [0.2, 0.25) is 5.79 Å². The molecule has 82 valence electrons. The minimum atomic E-state index is -0.963. The zero-order valence-corrected chi connectivity index (χ0v) is 9.37. The van der Waals surface area contributed by atoms with Gasteiger partial charge in [-0.1, -0.05) is 24.3 Å². The van der Waals surface area contributed by atoms with E-state index < -0.39 is 11.8 Å². The number of carbonyl (C=O) groups excluding carboxylic acids is 1. The lowest BCUT2D eigenvalue weighted by Gasteiger charge is -2.30. The standard InChI is InChI=1S/C12H16O3/c1-9(2)11(13)15-12(14-4)7-5-10(3)6-8-12/h5-7H,1,8H2,2-4H3. The van der Waals surface area contributed by atoms with E-state index in [0.717, 1.165) is 5.57 Å². The van der Waals surface area contributed by atoms with Crippen LogP contribution in [0.5, 0.6) is 0 Å². The van der Waals surface area contributed by atoms with Gasteiger partial charge in [-0.15, -0.1) is 0 Å². The monoisotopic (exact) mass is 208 g/mol. The first-order chi connectivity index (χ1) is 6.99. The summed E-state index contributed by atoms with van der Waals surface area (Å²) in [6, 6.07) is 0. The van der Waals surface area contributed by atoms with E-state index in [1.807, 2.05) is 19.1 Å². The van der Waals surface area contributed by atoms with Gasteiger partial charge in [-0.05, 0) is 19.9 Å². The highest BCUT2D eigenvalue weighted by Crippen LogP contribution is 2.26. The molecule has 3 heteroatoms. The summed E-state index contributed by atoms with van der Waals surface area (Å²) in [5.41, 5.74) is 1.50. The molecule has 0 N–H and O–H groups in total. The Hall–Kier alpha value is -1.35. The van der Waals surface area contributed by atoms with E-state index >= 15 is 0 Å². The average Bonchev–Trinajstić information content (AvgIpc) is 2.21. The van der Waals surface area contributed by atoms with Crippen molar-refractivity contribution in [2.45, 2.75) is 26.1 Å². The minimum absolute atomic E-state index is 0.367. The first-order valence-electron chi connectivity index (χ1n) is 4.79. The molecule has 0 spiro atoms. The Morgan fingerprint density at radius 1 is 1.60 bits per heavy atom. The van der Waals surface area contributed by atoms with Gasteiger partial charge in [0.1, 0.15) is 0 Å². The van der Waals surface area contributed by atoms with Crippen LogP contribution in [-0.4, -0.2) is 18.9 Å². The summed E-state index contributed by atoms with van der Waals surface area (Å²) in [6.45, 7) is 7.12. The minimum Gasteiger partial charge on any atom is -0.426 e. The van der Waals surface area contributed by atoms with Gasteiger partial charge < -0.3 is 9.47 Å². The summed E-state index contributed by atoms with van der Waals surface area (Å²) < 4.78 is 10.5. The highest BCUT2D eigenvalue weighted by Gasteiger charge is 2.32. The van der Waals surface area contributed by atoms with E-state index in [-0.39, 0.29) is 0 Å². The third-order valence-electron chi connectivity index (χ3n) is 2.27. The van der Waals surface area contributed by atoms with Crippen LogP contribution in [0.2, 0.25) is 0 Å². The highest BCUT2D eigenvalue weighted by atomic mass is 16.7. The number of ether oxygens (including phenoxy) is 2. The van der Waals surface area contributed by atoms with Crippen molar-refractivity contribution >= 4 is 5.97 Å². The Kier molecular flexibility index (Phi) is 3.48. The van der Waals surface area contributed by atoms with Gasteiger partial charge in [-0.2, -0.15) is 0 Å². The zero-order chi connectivity index (χ0) is 11.5. The Bertz CT molecular complexity index is 339. The smallest absolute Gasteiger partial charge is 0.335 e. The van der Waals surface area contributed by atoms with Crippen molar-refractivity contribution in [3.63, 3.8) is 0 Å². The third-order valence-corrected chi connectivity index (χ3v) is 2.27. The predicted octanol–water partition coefficient (Wildman–Crippen LogP) is 2.35. The van der Waals surface area contributed by atoms with Crippen LogP contribution in [0.15, 0.2) is 36.0 Å². The van der Waals surface area contributed by atoms with Crippen molar-refractivity contribution in [2.75, 3.05) is 7.11 Å². The molecule has 1 aliphatic carbocycles. The van der Waals surface area contributed by atoms with Crippen LogP contribution in [0, 0.1) is 0 Å². The van der Waals surface area contributed by atoms with Gasteiger partial charge in [0.25, 0.3) is 0 Å². The van der Waals surface area contributed by atoms with Crippen LogP contribution in [0.1, 0.15) is 20.3 Å². The predicted molar refractivity (Wildman–Crippen MR) is 58.2 cm³/mol. The van der Waals surface area contributed by atoms with Crippen molar-refractivity contribution in [3.8, 4) is 0 Å². The molecule has 0 saturated heterocycles. The Balaban J connectivity index is 2.76. The number of esters is 1. The van der Waals surface area contributed by atoms with Crippen LogP contribution in [-0.2, 0) is 14.3 Å². The molecule has 0 saturated carbocycles. The van der Waals surface area contributed by atoms with Crippen LogP contribution >= 0.6 is 0 Å². The molecule has 1 unspecified atom stereocenters. The molecule has 15 heavy (non-hydrogen) atoms. The maximum Gasteiger partial charge on any atom is 0.335 e. The summed E-state index contributed by atoms with van der Waals surface area (Å²) in [7, 11) is 1.52. The number of rotatable bonds is 3. The van der Waals surface area contributed by atoms with Crippen molar-refractivity contribution < 1.29 is 14.3 Å². The molecule has 3 nitrogen and oxygen atoms in total. The summed E-state index contributed by atoms with van der Waals surface area (Å²) in [5, 5.41) is 0. The Labute approximate surface area is 90.1 Å². The van der Waals surface area contributed by atoms with Crippen molar-refractivity contribution in [1.82, 2.24) is 0 Å². The number of allylic oxidation sites excluding steroid dienone is 2. The molecule has 0 aromatic heterocycles. The van der Waals surface area contributed by atoms with Crippen LogP contribution in [0.25, 0.3) is 0 Å². The largest absolute Gasteiger partial charge is 0.426 e. The SMILES string of the molecule is C=C(C)C(=O)OC1(OC)C=CC(C)=CC1. The average molecular weight is 208 g/mol. The first-order valence-corrected chi connectivity index (χ1v) is 4.79. The normalized spacial score (nSPS) is 24.6. The van der Waals surface area contributed by atoms with Crippen molar-refractivity contribution in [3.05, 3.63) is 36.0 Å². The van der Waals surface area contributed by atoms with Gasteiger partial charge in [-0.25, -0.2) is 4.79 Å². The van der Waals surface area contributed by atoms with Crippen LogP contribution in [0.4, 0.5) is 0 Å². The first kappa shape index (κ1) is 11.7. The lowest BCUT2D eigenvalue weighted by Crippen LogP contribution is -2.36. The van der Waals surface area contributed by atoms with Gasteiger partial charge in [0, 0.05) is 19.1 Å². The summed E-state index contributed by atoms with van der Waals surface area (Å²) >= 11 is 0. The lowest BCUT2D eigenvalue weighted by atomic mass is 10.0. The second-order valence-corrected chi connectivity index (χ2v) is 3.67. The van der Waals surface area contributed by atoms with E-state index in [1.165, 1.54) is 7.11 Å². The highest BCUT2D eigenvalue weighted by molar-refractivity contribution is 5.87. The van der Waals surface area contributed by atoms with E-state index in [9.17, 15) is 4.79 Å². The molecule has 1 rings (SSSR count). The number of methoxy groups -OCH3 is 1. The number of carbonyl (C=O) groups is 1. The summed E-state index contributed by atoms with van der Waals surface area (Å²) in [4.78, 5) is 11.4. The molecule has 0 bridgehead atoms. The maximum atomic E-state index is 11.4. The quantitative estimate of drug-likeness (QED) is 0.406. The Morgan fingerprint density at radius 3 is 2.67 bits per heavy atom. The van der Waals surface area contributed by atoms with Gasteiger partial charge in [0.05, 0.1) is 0 Å². The number of hydrogen-bond donors (Lipinski definition) is 0. The molecular weight excluding hydrogens is 192 g/mol. The molecule has 0 aliphatic heterocycles. The molecule has 0 aromatic rings. The molecule has 0 heterocycles. The van der Waals surface area contributed by atoms with Crippen LogP contribution in [0.3, 0.4) is 0 Å². The van der Waals surface area contributed by atoms with Gasteiger partial charge in [0.15, 0.2) is 0 Å². The van der Waals surface area contributed by atoms with E-state index in [0.29, 0.717) is 12.0 Å². The second-order valence-electron chi connectivity index (χ2n) is 3.67. The molecule has 1 atom stereocenters. The Morgan fingerprint density at radius 2 is 2.27 bits per heavy atom. The van der Waals surface area contributed by atoms with Crippen molar-refractivity contribution in [1.29, 1.82) is 0 Å². The topological polar surface area (TPSA) is 35.5 Å². The maximum absolute atomic E-state index is 11.4. The molecule has 1 aliphatic rings. The lowest BCUT2D eigenvalue weighted by molar-refractivity contribution is -0.195. The molecule has 0 aromatic carbocycles. The third kappa shape index (κ3) is 2.80. The zero-order valence-electron chi connectivity index (χ0n) is 9.37. The van der Waals surface area contributed by atoms with E-state index in [2.05, 4.69) is 6.58 Å². The second kappa shape index (κ2) is 4.45. The molecule has 0 radical (unpaired) electrons.